The molecule has 1 unspecified atom stereocenters. The predicted octanol–water partition coefficient (Wildman–Crippen LogP) is 1.52. The molecule has 1 aromatic rings. The van der Waals surface area contributed by atoms with E-state index in [1.807, 2.05) is 0 Å². The Bertz CT molecular complexity index is 381. The molecular formula is C11H10ClNO2. The van der Waals surface area contributed by atoms with Crippen molar-refractivity contribution in [3.05, 3.63) is 34.9 Å². The average molecular weight is 224 g/mol. The van der Waals surface area contributed by atoms with Crippen molar-refractivity contribution in [1.29, 1.82) is 0 Å². The van der Waals surface area contributed by atoms with Gasteiger partial charge in [0, 0.05) is 5.02 Å². The van der Waals surface area contributed by atoms with E-state index in [4.69, 9.17) is 28.5 Å². The van der Waals surface area contributed by atoms with Crippen molar-refractivity contribution in [2.45, 2.75) is 6.10 Å². The third-order valence-electron chi connectivity index (χ3n) is 1.76. The summed E-state index contributed by atoms with van der Waals surface area (Å²) in [7, 11) is 0. The highest BCUT2D eigenvalue weighted by Gasteiger charge is 2.17. The molecule has 0 aliphatic rings. The lowest BCUT2D eigenvalue weighted by Crippen LogP contribution is -2.24. The first-order chi connectivity index (χ1) is 7.15. The summed E-state index contributed by atoms with van der Waals surface area (Å²) in [5.41, 5.74) is 5.82. The molecule has 3 nitrogen and oxygen atoms in total. The summed E-state index contributed by atoms with van der Waals surface area (Å²) in [6.07, 6.45) is 4.21. The monoisotopic (exact) mass is 223 g/mol. The van der Waals surface area contributed by atoms with Gasteiger partial charge in [-0.2, -0.15) is 0 Å². The Hall–Kier alpha value is -1.50. The first-order valence-electron chi connectivity index (χ1n) is 4.25. The number of hydrogen-bond acceptors (Lipinski definition) is 2. The van der Waals surface area contributed by atoms with Gasteiger partial charge in [-0.3, -0.25) is 4.79 Å². The highest BCUT2D eigenvalue weighted by Crippen LogP contribution is 2.19. The van der Waals surface area contributed by atoms with Crippen LogP contribution in [-0.4, -0.2) is 12.5 Å². The van der Waals surface area contributed by atoms with Gasteiger partial charge in [0.2, 0.25) is 0 Å². The Kier molecular flexibility index (Phi) is 4.17. The molecule has 2 N–H and O–H groups in total. The number of ether oxygens (including phenoxy) is 1. The molecule has 1 amide bonds. The van der Waals surface area contributed by atoms with Gasteiger partial charge in [-0.15, -0.1) is 6.42 Å². The molecule has 0 heterocycles. The molecule has 0 aliphatic carbocycles. The van der Waals surface area contributed by atoms with E-state index in [-0.39, 0.29) is 6.61 Å². The zero-order valence-electron chi connectivity index (χ0n) is 7.94. The van der Waals surface area contributed by atoms with Crippen molar-refractivity contribution in [2.75, 3.05) is 6.61 Å². The van der Waals surface area contributed by atoms with Crippen LogP contribution in [0.25, 0.3) is 0 Å². The fraction of sp³-hybridized carbons (Fsp3) is 0.182. The molecule has 78 valence electrons. The smallest absolute Gasteiger partial charge is 0.251 e. The molecule has 0 aliphatic heterocycles. The highest BCUT2D eigenvalue weighted by atomic mass is 35.5. The van der Waals surface area contributed by atoms with E-state index in [9.17, 15) is 4.79 Å². The number of benzene rings is 1. The average Bonchev–Trinajstić information content (AvgIpc) is 2.21. The SMILES string of the molecule is C#CCOC(C(N)=O)c1ccc(Cl)cc1. The van der Waals surface area contributed by atoms with Gasteiger partial charge in [0.25, 0.3) is 5.91 Å². The van der Waals surface area contributed by atoms with Crippen LogP contribution in [0.5, 0.6) is 0 Å². The minimum absolute atomic E-state index is 0.0379. The van der Waals surface area contributed by atoms with E-state index in [0.717, 1.165) is 0 Å². The number of carbonyl (C=O) groups is 1. The fourth-order valence-electron chi connectivity index (χ4n) is 1.11. The van der Waals surface area contributed by atoms with Crippen LogP contribution in [0.1, 0.15) is 11.7 Å². The number of terminal acetylenes is 1. The summed E-state index contributed by atoms with van der Waals surface area (Å²) < 4.78 is 5.12. The van der Waals surface area contributed by atoms with Gasteiger partial charge < -0.3 is 10.5 Å². The predicted molar refractivity (Wildman–Crippen MR) is 58.2 cm³/mol. The number of rotatable bonds is 4. The highest BCUT2D eigenvalue weighted by molar-refractivity contribution is 6.30. The molecule has 0 aromatic heterocycles. The van der Waals surface area contributed by atoms with E-state index in [2.05, 4.69) is 5.92 Å². The molecule has 0 saturated heterocycles. The first kappa shape index (κ1) is 11.6. The number of nitrogens with two attached hydrogens (primary N) is 1. The quantitative estimate of drug-likeness (QED) is 0.787. The molecule has 0 saturated carbocycles. The fourth-order valence-corrected chi connectivity index (χ4v) is 1.24. The Balaban J connectivity index is 2.85. The Morgan fingerprint density at radius 1 is 1.53 bits per heavy atom. The first-order valence-corrected chi connectivity index (χ1v) is 4.63. The molecule has 0 radical (unpaired) electrons. The number of carbonyl (C=O) groups excluding carboxylic acids is 1. The summed E-state index contributed by atoms with van der Waals surface area (Å²) >= 11 is 5.71. The van der Waals surface area contributed by atoms with E-state index in [0.29, 0.717) is 10.6 Å². The maximum absolute atomic E-state index is 11.1. The second kappa shape index (κ2) is 5.40. The minimum atomic E-state index is -0.821. The van der Waals surface area contributed by atoms with Crippen LogP contribution in [-0.2, 0) is 9.53 Å². The molecule has 1 atom stereocenters. The maximum atomic E-state index is 11.1. The van der Waals surface area contributed by atoms with Gasteiger partial charge >= 0.3 is 0 Å². The minimum Gasteiger partial charge on any atom is -0.367 e. The second-order valence-corrected chi connectivity index (χ2v) is 3.29. The molecule has 15 heavy (non-hydrogen) atoms. The van der Waals surface area contributed by atoms with Gasteiger partial charge in [-0.05, 0) is 17.7 Å². The molecule has 0 spiro atoms. The van der Waals surface area contributed by atoms with Gasteiger partial charge in [-0.1, -0.05) is 29.7 Å². The lowest BCUT2D eigenvalue weighted by atomic mass is 10.1. The molecule has 0 fully saturated rings. The number of halogens is 1. The summed E-state index contributed by atoms with van der Waals surface area (Å²) in [5, 5.41) is 0.582. The van der Waals surface area contributed by atoms with Crippen molar-refractivity contribution >= 4 is 17.5 Å². The third kappa shape index (κ3) is 3.28. The molecular weight excluding hydrogens is 214 g/mol. The van der Waals surface area contributed by atoms with Gasteiger partial charge in [0.1, 0.15) is 6.61 Å². The largest absolute Gasteiger partial charge is 0.367 e. The van der Waals surface area contributed by atoms with Gasteiger partial charge in [0.05, 0.1) is 0 Å². The van der Waals surface area contributed by atoms with Gasteiger partial charge in [-0.25, -0.2) is 0 Å². The summed E-state index contributed by atoms with van der Waals surface area (Å²) in [6.45, 7) is 0.0379. The van der Waals surface area contributed by atoms with Crippen molar-refractivity contribution < 1.29 is 9.53 Å². The van der Waals surface area contributed by atoms with Crippen molar-refractivity contribution in [3.63, 3.8) is 0 Å². The van der Waals surface area contributed by atoms with Crippen molar-refractivity contribution in [2.24, 2.45) is 5.73 Å². The number of hydrogen-bond donors (Lipinski definition) is 1. The van der Waals surface area contributed by atoms with Crippen LogP contribution in [0.4, 0.5) is 0 Å². The lowest BCUT2D eigenvalue weighted by Gasteiger charge is -2.12. The zero-order chi connectivity index (χ0) is 11.3. The summed E-state index contributed by atoms with van der Waals surface area (Å²) in [6, 6.07) is 6.67. The van der Waals surface area contributed by atoms with Crippen LogP contribution < -0.4 is 5.73 Å². The van der Waals surface area contributed by atoms with E-state index < -0.39 is 12.0 Å². The van der Waals surface area contributed by atoms with E-state index in [1.54, 1.807) is 24.3 Å². The zero-order valence-corrected chi connectivity index (χ0v) is 8.70. The van der Waals surface area contributed by atoms with Crippen LogP contribution in [0, 0.1) is 12.3 Å². The van der Waals surface area contributed by atoms with E-state index >= 15 is 0 Å². The Morgan fingerprint density at radius 3 is 2.60 bits per heavy atom. The summed E-state index contributed by atoms with van der Waals surface area (Å²) in [4.78, 5) is 11.1. The van der Waals surface area contributed by atoms with Crippen LogP contribution in [0.2, 0.25) is 5.02 Å². The van der Waals surface area contributed by atoms with Gasteiger partial charge in [0.15, 0.2) is 6.10 Å². The lowest BCUT2D eigenvalue weighted by molar-refractivity contribution is -0.129. The van der Waals surface area contributed by atoms with Crippen LogP contribution in [0.15, 0.2) is 24.3 Å². The van der Waals surface area contributed by atoms with Crippen molar-refractivity contribution in [3.8, 4) is 12.3 Å². The van der Waals surface area contributed by atoms with E-state index in [1.165, 1.54) is 0 Å². The van der Waals surface area contributed by atoms with Crippen molar-refractivity contribution in [1.82, 2.24) is 0 Å². The molecule has 1 rings (SSSR count). The van der Waals surface area contributed by atoms with Crippen LogP contribution >= 0.6 is 11.6 Å². The number of primary amides is 1. The Labute approximate surface area is 93.2 Å². The normalized spacial score (nSPS) is 11.7. The van der Waals surface area contributed by atoms with Crippen LogP contribution in [0.3, 0.4) is 0 Å². The Morgan fingerprint density at radius 2 is 2.13 bits per heavy atom. The third-order valence-corrected chi connectivity index (χ3v) is 2.02. The molecule has 0 bridgehead atoms. The maximum Gasteiger partial charge on any atom is 0.251 e. The second-order valence-electron chi connectivity index (χ2n) is 2.85. The topological polar surface area (TPSA) is 52.3 Å². The number of amides is 1. The molecule has 1 aromatic carbocycles. The molecule has 4 heteroatoms. The summed E-state index contributed by atoms with van der Waals surface area (Å²) in [5.74, 6) is 1.70. The standard InChI is InChI=1S/C11H10ClNO2/c1-2-7-15-10(11(13)14)8-3-5-9(12)6-4-8/h1,3-6,10H,7H2,(H2,13,14).